The minimum atomic E-state index is -4.40. The minimum Gasteiger partial charge on any atom is -0.348 e. The lowest BCUT2D eigenvalue weighted by molar-refractivity contribution is -0.137. The monoisotopic (exact) mass is 434 g/mol. The van der Waals surface area contributed by atoms with Crippen molar-refractivity contribution in [3.05, 3.63) is 68.6 Å². The van der Waals surface area contributed by atoms with Crippen molar-refractivity contribution >= 4 is 5.91 Å². The van der Waals surface area contributed by atoms with Gasteiger partial charge in [-0.05, 0) is 61.4 Å². The van der Waals surface area contributed by atoms with E-state index >= 15 is 0 Å². The van der Waals surface area contributed by atoms with E-state index in [4.69, 9.17) is 0 Å². The molecular formula is C24H29F3N2O2. The van der Waals surface area contributed by atoms with E-state index in [1.807, 2.05) is 0 Å². The molecule has 1 N–H and O–H groups in total. The van der Waals surface area contributed by atoms with Gasteiger partial charge in [0, 0.05) is 18.8 Å². The van der Waals surface area contributed by atoms with Crippen molar-refractivity contribution in [1.29, 1.82) is 0 Å². The summed E-state index contributed by atoms with van der Waals surface area (Å²) in [5.41, 5.74) is 1.76. The van der Waals surface area contributed by atoms with Gasteiger partial charge in [0.15, 0.2) is 0 Å². The molecule has 1 amide bonds. The summed E-state index contributed by atoms with van der Waals surface area (Å²) in [7, 11) is 0. The Balaban J connectivity index is 1.82. The molecule has 0 saturated heterocycles. The molecule has 0 spiro atoms. The first-order valence-corrected chi connectivity index (χ1v) is 11.0. The molecule has 0 saturated carbocycles. The van der Waals surface area contributed by atoms with Crippen LogP contribution in [0.5, 0.6) is 0 Å². The third-order valence-electron chi connectivity index (χ3n) is 5.81. The van der Waals surface area contributed by atoms with E-state index < -0.39 is 17.6 Å². The summed E-state index contributed by atoms with van der Waals surface area (Å²) in [6.45, 7) is 2.72. The van der Waals surface area contributed by atoms with Crippen LogP contribution < -0.4 is 10.9 Å². The number of fused-ring (bicyclic) bond motifs is 1. The van der Waals surface area contributed by atoms with Crippen LogP contribution in [0.2, 0.25) is 0 Å². The van der Waals surface area contributed by atoms with Crippen molar-refractivity contribution in [1.82, 2.24) is 9.88 Å². The molecule has 1 aromatic carbocycles. The van der Waals surface area contributed by atoms with E-state index in [-0.39, 0.29) is 17.7 Å². The Morgan fingerprint density at radius 2 is 1.74 bits per heavy atom. The number of carbonyl (C=O) groups is 1. The lowest BCUT2D eigenvalue weighted by atomic mass is 9.95. The first-order chi connectivity index (χ1) is 14.8. The zero-order valence-corrected chi connectivity index (χ0v) is 17.9. The zero-order valence-electron chi connectivity index (χ0n) is 17.9. The van der Waals surface area contributed by atoms with Gasteiger partial charge in [-0.25, -0.2) is 0 Å². The van der Waals surface area contributed by atoms with E-state index in [0.29, 0.717) is 12.1 Å². The highest BCUT2D eigenvalue weighted by Gasteiger charge is 2.30. The molecule has 168 valence electrons. The van der Waals surface area contributed by atoms with Gasteiger partial charge < -0.3 is 9.88 Å². The Bertz CT molecular complexity index is 963. The highest BCUT2D eigenvalue weighted by molar-refractivity contribution is 5.94. The Morgan fingerprint density at radius 1 is 1.06 bits per heavy atom. The fraction of sp³-hybridized carbons (Fsp3) is 0.500. The third-order valence-corrected chi connectivity index (χ3v) is 5.81. The van der Waals surface area contributed by atoms with Crippen LogP contribution >= 0.6 is 0 Å². The molecule has 4 nitrogen and oxygen atoms in total. The lowest BCUT2D eigenvalue weighted by Crippen LogP contribution is -2.35. The maximum atomic E-state index is 13.1. The second-order valence-electron chi connectivity index (χ2n) is 8.13. The number of nitrogens with zero attached hydrogens (tertiary/aromatic N) is 1. The molecule has 1 heterocycles. The number of hydrogen-bond donors (Lipinski definition) is 1. The molecule has 1 aromatic heterocycles. The Labute approximate surface area is 180 Å². The molecule has 0 radical (unpaired) electrons. The standard InChI is InChI=1S/C24H29F3N2O2/c1-2-3-14-29-21-9-7-5-4-6-8-18(21)15-20(23(29)31)22(30)28-16-17-10-12-19(13-11-17)24(25,26)27/h10-13,15H,2-9,14,16H2,1H3,(H,28,30). The van der Waals surface area contributed by atoms with Crippen LogP contribution in [0.25, 0.3) is 0 Å². The third kappa shape index (κ3) is 5.77. The van der Waals surface area contributed by atoms with Crippen LogP contribution in [0.1, 0.15) is 78.2 Å². The average molecular weight is 435 g/mol. The van der Waals surface area contributed by atoms with Crippen molar-refractivity contribution in [2.24, 2.45) is 0 Å². The highest BCUT2D eigenvalue weighted by atomic mass is 19.4. The van der Waals surface area contributed by atoms with Gasteiger partial charge in [0.2, 0.25) is 0 Å². The second kappa shape index (κ2) is 10.2. The summed E-state index contributed by atoms with van der Waals surface area (Å²) in [4.78, 5) is 26.0. The number of rotatable bonds is 6. The van der Waals surface area contributed by atoms with Crippen molar-refractivity contribution < 1.29 is 18.0 Å². The molecule has 2 aromatic rings. The van der Waals surface area contributed by atoms with Crippen LogP contribution in [0.4, 0.5) is 13.2 Å². The van der Waals surface area contributed by atoms with Crippen molar-refractivity contribution in [3.8, 4) is 0 Å². The van der Waals surface area contributed by atoms with Gasteiger partial charge in [0.05, 0.1) is 5.56 Å². The number of benzene rings is 1. The zero-order chi connectivity index (χ0) is 22.4. The molecule has 0 unspecified atom stereocenters. The molecule has 3 rings (SSSR count). The maximum absolute atomic E-state index is 13.1. The van der Waals surface area contributed by atoms with Gasteiger partial charge in [0.25, 0.3) is 11.5 Å². The molecule has 0 bridgehead atoms. The van der Waals surface area contributed by atoms with E-state index in [1.165, 1.54) is 12.1 Å². The number of aryl methyl sites for hydroxylation is 1. The van der Waals surface area contributed by atoms with Crippen molar-refractivity contribution in [2.45, 2.75) is 77.6 Å². The molecule has 31 heavy (non-hydrogen) atoms. The van der Waals surface area contributed by atoms with E-state index in [9.17, 15) is 22.8 Å². The molecule has 1 aliphatic carbocycles. The molecule has 0 fully saturated rings. The summed E-state index contributed by atoms with van der Waals surface area (Å²) < 4.78 is 39.9. The first-order valence-electron chi connectivity index (χ1n) is 11.0. The van der Waals surface area contributed by atoms with Crippen LogP contribution in [-0.4, -0.2) is 10.5 Å². The summed E-state index contributed by atoms with van der Waals surface area (Å²) in [6, 6.07) is 6.38. The molecule has 0 aliphatic heterocycles. The predicted molar refractivity (Wildman–Crippen MR) is 114 cm³/mol. The number of unbranched alkanes of at least 4 members (excludes halogenated alkanes) is 1. The topological polar surface area (TPSA) is 51.1 Å². The Kier molecular flexibility index (Phi) is 7.57. The number of pyridine rings is 1. The Hall–Kier alpha value is -2.57. The van der Waals surface area contributed by atoms with Crippen LogP contribution in [0.3, 0.4) is 0 Å². The molecule has 1 aliphatic rings. The van der Waals surface area contributed by atoms with Gasteiger partial charge in [-0.1, -0.05) is 38.3 Å². The number of amides is 1. The molecule has 7 heteroatoms. The van der Waals surface area contributed by atoms with Gasteiger partial charge in [-0.3, -0.25) is 9.59 Å². The maximum Gasteiger partial charge on any atom is 0.416 e. The molecular weight excluding hydrogens is 405 g/mol. The minimum absolute atomic E-state index is 0.0580. The normalized spacial score (nSPS) is 14.5. The SMILES string of the molecule is CCCCn1c2c(cc(C(=O)NCc3ccc(C(F)(F)F)cc3)c1=O)CCCCCC2. The number of alkyl halides is 3. The van der Waals surface area contributed by atoms with Crippen molar-refractivity contribution in [2.75, 3.05) is 0 Å². The van der Waals surface area contributed by atoms with Crippen molar-refractivity contribution in [3.63, 3.8) is 0 Å². The number of halogens is 3. The quantitative estimate of drug-likeness (QED) is 0.675. The number of nitrogens with one attached hydrogen (secondary N) is 1. The predicted octanol–water partition coefficient (Wildman–Crippen LogP) is 5.26. The summed E-state index contributed by atoms with van der Waals surface area (Å²) in [5, 5.41) is 2.70. The number of hydrogen-bond acceptors (Lipinski definition) is 2. The van der Waals surface area contributed by atoms with Crippen LogP contribution in [-0.2, 0) is 32.1 Å². The fourth-order valence-corrected chi connectivity index (χ4v) is 4.04. The first kappa shape index (κ1) is 23.1. The van der Waals surface area contributed by atoms with Gasteiger partial charge in [-0.2, -0.15) is 13.2 Å². The average Bonchev–Trinajstić information content (AvgIpc) is 2.72. The van der Waals surface area contributed by atoms with Gasteiger partial charge in [-0.15, -0.1) is 0 Å². The smallest absolute Gasteiger partial charge is 0.348 e. The summed E-state index contributed by atoms with van der Waals surface area (Å²) in [6.07, 6.45) is 3.48. The van der Waals surface area contributed by atoms with E-state index in [1.54, 1.807) is 10.6 Å². The Morgan fingerprint density at radius 3 is 2.39 bits per heavy atom. The second-order valence-corrected chi connectivity index (χ2v) is 8.13. The number of carbonyl (C=O) groups excluding carboxylic acids is 1. The fourth-order valence-electron chi connectivity index (χ4n) is 4.04. The largest absolute Gasteiger partial charge is 0.416 e. The summed E-state index contributed by atoms with van der Waals surface area (Å²) >= 11 is 0. The van der Waals surface area contributed by atoms with Gasteiger partial charge in [0.1, 0.15) is 5.56 Å². The van der Waals surface area contributed by atoms with Crippen LogP contribution in [0.15, 0.2) is 35.1 Å². The summed E-state index contributed by atoms with van der Waals surface area (Å²) in [5.74, 6) is -0.486. The molecule has 0 atom stereocenters. The van der Waals surface area contributed by atoms with Crippen LogP contribution in [0, 0.1) is 0 Å². The van der Waals surface area contributed by atoms with Gasteiger partial charge >= 0.3 is 6.18 Å². The lowest BCUT2D eigenvalue weighted by Gasteiger charge is -2.21. The number of aromatic nitrogens is 1. The van der Waals surface area contributed by atoms with E-state index in [0.717, 1.165) is 74.8 Å². The van der Waals surface area contributed by atoms with E-state index in [2.05, 4.69) is 12.2 Å². The highest BCUT2D eigenvalue weighted by Crippen LogP contribution is 2.29.